The zero-order valence-corrected chi connectivity index (χ0v) is 14.3. The molecule has 1 aromatic carbocycles. The summed E-state index contributed by atoms with van der Waals surface area (Å²) in [5.41, 5.74) is 1.37. The molecule has 2 aromatic heterocycles. The maximum absolute atomic E-state index is 12.1. The number of carbonyl (C=O) groups is 1. The molecule has 3 rings (SSSR count). The quantitative estimate of drug-likeness (QED) is 0.371. The second-order valence-corrected chi connectivity index (χ2v) is 5.72. The van der Waals surface area contributed by atoms with Crippen LogP contribution in [0, 0.1) is 17.0 Å². The molecule has 0 aliphatic rings. The molecule has 0 N–H and O–H groups in total. The first kappa shape index (κ1) is 18.1. The van der Waals surface area contributed by atoms with Crippen molar-refractivity contribution < 1.29 is 19.2 Å². The van der Waals surface area contributed by atoms with Crippen molar-refractivity contribution in [2.24, 2.45) is 0 Å². The molecule has 27 heavy (non-hydrogen) atoms. The van der Waals surface area contributed by atoms with Crippen LogP contribution < -0.4 is 10.3 Å². The van der Waals surface area contributed by atoms with Crippen LogP contribution in [-0.2, 0) is 16.1 Å². The predicted octanol–water partition coefficient (Wildman–Crippen LogP) is 2.03. The van der Waals surface area contributed by atoms with Gasteiger partial charge in [0.2, 0.25) is 0 Å². The van der Waals surface area contributed by atoms with E-state index in [1.807, 2.05) is 13.0 Å². The van der Waals surface area contributed by atoms with Gasteiger partial charge in [0.25, 0.3) is 11.2 Å². The number of carbonyl (C=O) groups excluding carboxylic acids is 1. The average molecular weight is 369 g/mol. The summed E-state index contributed by atoms with van der Waals surface area (Å²) in [4.78, 5) is 38.2. The predicted molar refractivity (Wildman–Crippen MR) is 94.6 cm³/mol. The van der Waals surface area contributed by atoms with Crippen molar-refractivity contribution >= 4 is 17.3 Å². The van der Waals surface area contributed by atoms with Crippen LogP contribution >= 0.6 is 0 Å². The highest BCUT2D eigenvalue weighted by molar-refractivity contribution is 5.71. The van der Waals surface area contributed by atoms with E-state index in [4.69, 9.17) is 9.47 Å². The summed E-state index contributed by atoms with van der Waals surface area (Å²) in [5, 5.41) is 10.6. The number of fused-ring (bicyclic) bond motifs is 1. The monoisotopic (exact) mass is 369 g/mol. The number of hydrogen-bond acceptors (Lipinski definition) is 7. The Labute approximate surface area is 152 Å². The number of benzene rings is 1. The number of pyridine rings is 1. The Bertz CT molecular complexity index is 1060. The summed E-state index contributed by atoms with van der Waals surface area (Å²) in [6.45, 7) is 1.33. The van der Waals surface area contributed by atoms with E-state index < -0.39 is 10.9 Å². The molecule has 0 saturated heterocycles. The van der Waals surface area contributed by atoms with Crippen LogP contribution in [0.2, 0.25) is 0 Å². The van der Waals surface area contributed by atoms with Crippen LogP contribution in [-0.4, -0.2) is 26.9 Å². The van der Waals surface area contributed by atoms with E-state index in [1.54, 1.807) is 12.3 Å². The van der Waals surface area contributed by atoms with E-state index in [9.17, 15) is 19.7 Å². The van der Waals surface area contributed by atoms with Gasteiger partial charge < -0.3 is 9.47 Å². The topological polar surface area (TPSA) is 113 Å². The van der Waals surface area contributed by atoms with Gasteiger partial charge >= 0.3 is 5.97 Å². The second kappa shape index (κ2) is 7.65. The molecule has 0 radical (unpaired) electrons. The van der Waals surface area contributed by atoms with Crippen molar-refractivity contribution in [3.63, 3.8) is 0 Å². The summed E-state index contributed by atoms with van der Waals surface area (Å²) in [5.74, 6) is -0.353. The second-order valence-electron chi connectivity index (χ2n) is 5.72. The molecule has 138 valence electrons. The number of hydrogen-bond donors (Lipinski definition) is 0. The Morgan fingerprint density at radius 1 is 1.22 bits per heavy atom. The third kappa shape index (κ3) is 4.46. The summed E-state index contributed by atoms with van der Waals surface area (Å²) in [6, 6.07) is 10.2. The molecule has 0 spiro atoms. The molecule has 0 bridgehead atoms. The Balaban J connectivity index is 1.57. The number of rotatable bonds is 6. The minimum atomic E-state index is -0.653. The molecular formula is C18H15N3O6. The van der Waals surface area contributed by atoms with Gasteiger partial charge in [-0.05, 0) is 30.7 Å². The summed E-state index contributed by atoms with van der Waals surface area (Å²) in [7, 11) is 0. The molecule has 0 atom stereocenters. The molecule has 0 saturated carbocycles. The van der Waals surface area contributed by atoms with Gasteiger partial charge in [-0.1, -0.05) is 6.07 Å². The summed E-state index contributed by atoms with van der Waals surface area (Å²) < 4.78 is 11.7. The number of non-ortho nitro benzene ring substituents is 1. The lowest BCUT2D eigenvalue weighted by Crippen LogP contribution is -2.18. The highest BCUT2D eigenvalue weighted by Crippen LogP contribution is 2.17. The van der Waals surface area contributed by atoms with E-state index in [0.29, 0.717) is 17.1 Å². The number of ether oxygens (including phenoxy) is 2. The maximum Gasteiger partial charge on any atom is 0.344 e. The van der Waals surface area contributed by atoms with E-state index in [0.717, 1.165) is 5.56 Å². The Morgan fingerprint density at radius 3 is 2.67 bits per heavy atom. The largest absolute Gasteiger partial charge is 0.482 e. The number of esters is 1. The van der Waals surface area contributed by atoms with Crippen molar-refractivity contribution in [1.82, 2.24) is 9.38 Å². The van der Waals surface area contributed by atoms with Gasteiger partial charge in [-0.2, -0.15) is 0 Å². The van der Waals surface area contributed by atoms with Crippen molar-refractivity contribution in [2.45, 2.75) is 13.5 Å². The SMILES string of the molecule is Cc1ccc2nc(COC(=O)COc3ccc([N+](=O)[O-])cc3)cc(=O)n2c1. The van der Waals surface area contributed by atoms with Gasteiger partial charge in [-0.25, -0.2) is 9.78 Å². The smallest absolute Gasteiger partial charge is 0.344 e. The van der Waals surface area contributed by atoms with Gasteiger partial charge in [0.05, 0.1) is 10.6 Å². The fraction of sp³-hybridized carbons (Fsp3) is 0.167. The fourth-order valence-electron chi connectivity index (χ4n) is 2.33. The molecule has 0 aliphatic heterocycles. The standard InChI is InChI=1S/C18H15N3O6/c1-12-2-7-16-19-13(8-17(22)20(16)9-12)10-27-18(23)11-26-15-5-3-14(4-6-15)21(24)25/h2-9H,10-11H2,1H3. The normalized spacial score (nSPS) is 10.6. The average Bonchev–Trinajstić information content (AvgIpc) is 2.65. The molecule has 9 nitrogen and oxygen atoms in total. The first-order valence-electron chi connectivity index (χ1n) is 7.94. The van der Waals surface area contributed by atoms with Crippen molar-refractivity contribution in [1.29, 1.82) is 0 Å². The zero-order valence-electron chi connectivity index (χ0n) is 14.3. The third-order valence-corrected chi connectivity index (χ3v) is 3.65. The third-order valence-electron chi connectivity index (χ3n) is 3.65. The minimum Gasteiger partial charge on any atom is -0.482 e. The number of aryl methyl sites for hydroxylation is 1. The zero-order chi connectivity index (χ0) is 19.4. The number of nitro benzene ring substituents is 1. The fourth-order valence-corrected chi connectivity index (χ4v) is 2.33. The Hall–Kier alpha value is -3.75. The highest BCUT2D eigenvalue weighted by atomic mass is 16.6. The summed E-state index contributed by atoms with van der Waals surface area (Å²) >= 11 is 0. The van der Waals surface area contributed by atoms with Crippen LogP contribution in [0.5, 0.6) is 5.75 Å². The molecular weight excluding hydrogens is 354 g/mol. The van der Waals surface area contributed by atoms with Gasteiger partial charge in [0.15, 0.2) is 6.61 Å². The highest BCUT2D eigenvalue weighted by Gasteiger charge is 2.09. The van der Waals surface area contributed by atoms with Crippen LogP contribution in [0.4, 0.5) is 5.69 Å². The van der Waals surface area contributed by atoms with Gasteiger partial charge in [0, 0.05) is 24.4 Å². The molecule has 0 unspecified atom stereocenters. The molecule has 9 heteroatoms. The van der Waals surface area contributed by atoms with E-state index >= 15 is 0 Å². The van der Waals surface area contributed by atoms with Crippen LogP contribution in [0.15, 0.2) is 53.5 Å². The van der Waals surface area contributed by atoms with E-state index in [-0.39, 0.29) is 24.5 Å². The summed E-state index contributed by atoms with van der Waals surface area (Å²) in [6.07, 6.45) is 1.68. The minimum absolute atomic E-state index is 0.0752. The van der Waals surface area contributed by atoms with Crippen molar-refractivity contribution in [3.05, 3.63) is 80.4 Å². The van der Waals surface area contributed by atoms with E-state index in [1.165, 1.54) is 34.7 Å². The lowest BCUT2D eigenvalue weighted by Gasteiger charge is -2.08. The van der Waals surface area contributed by atoms with E-state index in [2.05, 4.69) is 4.98 Å². The lowest BCUT2D eigenvalue weighted by molar-refractivity contribution is -0.384. The molecule has 2 heterocycles. The Morgan fingerprint density at radius 2 is 1.96 bits per heavy atom. The van der Waals surface area contributed by atoms with Gasteiger partial charge in [0.1, 0.15) is 18.0 Å². The van der Waals surface area contributed by atoms with Gasteiger partial charge in [-0.15, -0.1) is 0 Å². The number of nitrogens with zero attached hydrogens (tertiary/aromatic N) is 3. The first-order valence-corrected chi connectivity index (χ1v) is 7.94. The van der Waals surface area contributed by atoms with Crippen LogP contribution in [0.3, 0.4) is 0 Å². The van der Waals surface area contributed by atoms with Crippen LogP contribution in [0.25, 0.3) is 5.65 Å². The first-order chi connectivity index (χ1) is 12.9. The molecule has 0 fully saturated rings. The Kier molecular flexibility index (Phi) is 5.11. The molecule has 0 amide bonds. The van der Waals surface area contributed by atoms with Crippen molar-refractivity contribution in [3.8, 4) is 5.75 Å². The van der Waals surface area contributed by atoms with Gasteiger partial charge in [-0.3, -0.25) is 19.3 Å². The maximum atomic E-state index is 12.1. The van der Waals surface area contributed by atoms with Crippen molar-refractivity contribution in [2.75, 3.05) is 6.61 Å². The molecule has 0 aliphatic carbocycles. The molecule has 3 aromatic rings. The number of aromatic nitrogens is 2. The number of nitro groups is 1. The van der Waals surface area contributed by atoms with Crippen LogP contribution in [0.1, 0.15) is 11.3 Å². The lowest BCUT2D eigenvalue weighted by atomic mass is 10.3.